The molecule has 0 amide bonds. The first-order chi connectivity index (χ1) is 17.8. The van der Waals surface area contributed by atoms with Gasteiger partial charge in [-0.3, -0.25) is 9.69 Å². The van der Waals surface area contributed by atoms with E-state index < -0.39 is 6.10 Å². The third-order valence-corrected chi connectivity index (χ3v) is 7.43. The molecule has 0 radical (unpaired) electrons. The van der Waals surface area contributed by atoms with Gasteiger partial charge in [-0.05, 0) is 101 Å². The minimum absolute atomic E-state index is 0.167. The van der Waals surface area contributed by atoms with Crippen LogP contribution in [0.5, 0.6) is 0 Å². The maximum Gasteiger partial charge on any atom is 0.305 e. The van der Waals surface area contributed by atoms with Crippen LogP contribution in [0.15, 0.2) is 41.2 Å². The van der Waals surface area contributed by atoms with E-state index in [4.69, 9.17) is 9.47 Å². The number of likely N-dealkylation sites (tertiary alicyclic amines) is 1. The second-order valence-corrected chi connectivity index (χ2v) is 10.3. The summed E-state index contributed by atoms with van der Waals surface area (Å²) in [4.78, 5) is 13.9. The Bertz CT molecular complexity index is 959. The fraction of sp³-hybridized carbons (Fsp3) is 0.633. The van der Waals surface area contributed by atoms with Gasteiger partial charge in [0.1, 0.15) is 5.82 Å². The fourth-order valence-electron chi connectivity index (χ4n) is 5.38. The standard InChI is InChI=1S/C30H44FNO5/c1-4-36-30(35)13-6-5-10-27-26(11-7-12-29(27)34)22(3)37-20-25(33)19-32-16-8-9-24(32)17-23-15-14-21(2)28(31)18-23/h11,14-15,18,22,24-25,33-34H,4-10,12-13,16-17,19-20H2,1-3H3. The number of allylic oxidation sites excluding steroid dienone is 2. The first-order valence-electron chi connectivity index (χ1n) is 13.8. The summed E-state index contributed by atoms with van der Waals surface area (Å²) in [6.07, 6.45) is 8.07. The van der Waals surface area contributed by atoms with Gasteiger partial charge >= 0.3 is 5.97 Å². The van der Waals surface area contributed by atoms with Crippen LogP contribution in [0.25, 0.3) is 0 Å². The highest BCUT2D eigenvalue weighted by atomic mass is 19.1. The lowest BCUT2D eigenvalue weighted by molar-refractivity contribution is -0.143. The van der Waals surface area contributed by atoms with E-state index in [9.17, 15) is 19.4 Å². The summed E-state index contributed by atoms with van der Waals surface area (Å²) in [6.45, 7) is 7.57. The predicted molar refractivity (Wildman–Crippen MR) is 143 cm³/mol. The van der Waals surface area contributed by atoms with Gasteiger partial charge in [0, 0.05) is 25.4 Å². The third-order valence-electron chi connectivity index (χ3n) is 7.43. The third kappa shape index (κ3) is 8.94. The summed E-state index contributed by atoms with van der Waals surface area (Å²) in [7, 11) is 0. The van der Waals surface area contributed by atoms with Crippen molar-refractivity contribution in [1.82, 2.24) is 4.90 Å². The Labute approximate surface area is 221 Å². The molecule has 1 aliphatic carbocycles. The summed E-state index contributed by atoms with van der Waals surface area (Å²) in [5.41, 5.74) is 3.53. The van der Waals surface area contributed by atoms with Crippen molar-refractivity contribution in [3.8, 4) is 0 Å². The number of nitrogens with zero attached hydrogens (tertiary/aromatic N) is 1. The molecular weight excluding hydrogens is 473 g/mol. The molecule has 1 aliphatic heterocycles. The van der Waals surface area contributed by atoms with Gasteiger partial charge in [-0.25, -0.2) is 4.39 Å². The van der Waals surface area contributed by atoms with E-state index in [1.165, 1.54) is 0 Å². The molecular formula is C30H44FNO5. The fourth-order valence-corrected chi connectivity index (χ4v) is 5.38. The van der Waals surface area contributed by atoms with Crippen LogP contribution in [0, 0.1) is 12.7 Å². The Hall–Kier alpha value is -2.22. The first kappa shape index (κ1) is 29.3. The Balaban J connectivity index is 1.46. The molecule has 0 spiro atoms. The Morgan fingerprint density at radius 2 is 2.11 bits per heavy atom. The van der Waals surface area contributed by atoms with Crippen LogP contribution in [0.2, 0.25) is 0 Å². The lowest BCUT2D eigenvalue weighted by Gasteiger charge is -2.28. The summed E-state index contributed by atoms with van der Waals surface area (Å²) in [5.74, 6) is 0.0501. The second-order valence-electron chi connectivity index (χ2n) is 10.3. The van der Waals surface area contributed by atoms with Crippen LogP contribution in [0.1, 0.15) is 76.3 Å². The van der Waals surface area contributed by atoms with Crippen molar-refractivity contribution in [2.24, 2.45) is 0 Å². The maximum atomic E-state index is 14.0. The van der Waals surface area contributed by atoms with E-state index in [0.29, 0.717) is 50.2 Å². The van der Waals surface area contributed by atoms with Crippen molar-refractivity contribution in [2.75, 3.05) is 26.3 Å². The van der Waals surface area contributed by atoms with Gasteiger partial charge < -0.3 is 19.7 Å². The molecule has 3 rings (SSSR count). The molecule has 1 aromatic rings. The largest absolute Gasteiger partial charge is 0.512 e. The Morgan fingerprint density at radius 1 is 1.30 bits per heavy atom. The van der Waals surface area contributed by atoms with Crippen molar-refractivity contribution in [3.63, 3.8) is 0 Å². The van der Waals surface area contributed by atoms with Crippen molar-refractivity contribution in [3.05, 3.63) is 58.1 Å². The van der Waals surface area contributed by atoms with E-state index in [1.807, 2.05) is 19.1 Å². The van der Waals surface area contributed by atoms with Crippen LogP contribution in [0.3, 0.4) is 0 Å². The topological polar surface area (TPSA) is 79.2 Å². The number of rotatable bonds is 14. The quantitative estimate of drug-likeness (QED) is 0.248. The van der Waals surface area contributed by atoms with E-state index in [1.54, 1.807) is 19.9 Å². The van der Waals surface area contributed by atoms with Crippen LogP contribution in [0.4, 0.5) is 4.39 Å². The van der Waals surface area contributed by atoms with E-state index in [2.05, 4.69) is 11.0 Å². The molecule has 1 aromatic carbocycles. The molecule has 3 unspecified atom stereocenters. The normalized spacial score (nSPS) is 20.1. The smallest absolute Gasteiger partial charge is 0.305 e. The summed E-state index contributed by atoms with van der Waals surface area (Å²) < 4.78 is 25.0. The number of aliphatic hydroxyl groups is 2. The number of unbranched alkanes of at least 4 members (excludes halogenated alkanes) is 1. The van der Waals surface area contributed by atoms with Gasteiger partial charge in [0.15, 0.2) is 0 Å². The number of ether oxygens (including phenoxy) is 2. The highest BCUT2D eigenvalue weighted by Gasteiger charge is 2.27. The van der Waals surface area contributed by atoms with Crippen LogP contribution >= 0.6 is 0 Å². The highest BCUT2D eigenvalue weighted by Crippen LogP contribution is 2.31. The predicted octanol–water partition coefficient (Wildman–Crippen LogP) is 5.56. The molecule has 1 saturated heterocycles. The molecule has 3 atom stereocenters. The van der Waals surface area contributed by atoms with Crippen molar-refractivity contribution in [1.29, 1.82) is 0 Å². The molecule has 0 saturated carbocycles. The summed E-state index contributed by atoms with van der Waals surface area (Å²) >= 11 is 0. The summed E-state index contributed by atoms with van der Waals surface area (Å²) in [6, 6.07) is 5.74. The molecule has 206 valence electrons. The molecule has 0 aromatic heterocycles. The SMILES string of the molecule is CCOC(=O)CCCCC1=C(O)CCC=C1C(C)OCC(O)CN1CCCC1Cc1ccc(C)c(F)c1. The zero-order valence-electron chi connectivity index (χ0n) is 22.7. The Kier molecular flexibility index (Phi) is 11.6. The van der Waals surface area contributed by atoms with Crippen LogP contribution in [-0.2, 0) is 20.7 Å². The van der Waals surface area contributed by atoms with Gasteiger partial charge in [-0.2, -0.15) is 0 Å². The highest BCUT2D eigenvalue weighted by molar-refractivity contribution is 5.69. The number of carbonyl (C=O) groups excluding carboxylic acids is 1. The zero-order valence-corrected chi connectivity index (χ0v) is 22.7. The molecule has 37 heavy (non-hydrogen) atoms. The number of carbonyl (C=O) groups is 1. The van der Waals surface area contributed by atoms with E-state index in [0.717, 1.165) is 55.4 Å². The maximum absolute atomic E-state index is 14.0. The number of hydrogen-bond donors (Lipinski definition) is 2. The molecule has 2 aliphatic rings. The molecule has 0 bridgehead atoms. The number of esters is 1. The summed E-state index contributed by atoms with van der Waals surface area (Å²) in [5, 5.41) is 21.3. The van der Waals surface area contributed by atoms with Crippen molar-refractivity contribution < 1.29 is 28.9 Å². The van der Waals surface area contributed by atoms with Gasteiger partial charge in [0.25, 0.3) is 0 Å². The molecule has 2 N–H and O–H groups in total. The minimum atomic E-state index is -0.632. The zero-order chi connectivity index (χ0) is 26.8. The average molecular weight is 518 g/mol. The molecule has 6 nitrogen and oxygen atoms in total. The van der Waals surface area contributed by atoms with Gasteiger partial charge in [-0.15, -0.1) is 0 Å². The molecule has 1 heterocycles. The number of aliphatic hydroxyl groups excluding tert-OH is 2. The van der Waals surface area contributed by atoms with Gasteiger partial charge in [0.2, 0.25) is 0 Å². The second kappa shape index (κ2) is 14.6. The minimum Gasteiger partial charge on any atom is -0.512 e. The lowest BCUT2D eigenvalue weighted by atomic mass is 9.89. The van der Waals surface area contributed by atoms with Crippen molar-refractivity contribution >= 4 is 5.97 Å². The monoisotopic (exact) mass is 517 g/mol. The van der Waals surface area contributed by atoms with Crippen molar-refractivity contribution in [2.45, 2.75) is 96.8 Å². The van der Waals surface area contributed by atoms with Crippen LogP contribution < -0.4 is 0 Å². The molecule has 7 heteroatoms. The van der Waals surface area contributed by atoms with E-state index >= 15 is 0 Å². The number of halogens is 1. The van der Waals surface area contributed by atoms with Gasteiger partial charge in [0.05, 0.1) is 31.2 Å². The number of β-amino-alcohol motifs (C(OH)–C–C–N with tert-alkyl or cyclic N) is 1. The van der Waals surface area contributed by atoms with E-state index in [-0.39, 0.29) is 30.5 Å². The molecule has 1 fully saturated rings. The average Bonchev–Trinajstić information content (AvgIpc) is 3.29. The first-order valence-corrected chi connectivity index (χ1v) is 13.8. The number of aryl methyl sites for hydroxylation is 1. The number of hydrogen-bond acceptors (Lipinski definition) is 6. The van der Waals surface area contributed by atoms with Gasteiger partial charge in [-0.1, -0.05) is 18.2 Å². The lowest BCUT2D eigenvalue weighted by Crippen LogP contribution is -2.39. The van der Waals surface area contributed by atoms with Crippen LogP contribution in [-0.4, -0.2) is 65.6 Å². The Morgan fingerprint density at radius 3 is 2.86 bits per heavy atom. The number of benzene rings is 1.